The Morgan fingerprint density at radius 1 is 1.05 bits per heavy atom. The van der Waals surface area contributed by atoms with Crippen LogP contribution in [0.5, 0.6) is 0 Å². The Morgan fingerprint density at radius 3 is 2.19 bits per heavy atom. The molecule has 0 radical (unpaired) electrons. The molecular formula is C18H21FOS. The standard InChI is InChI=1S/C18H21FOS/c1-12(20)15-6-5-7-16(19)17(15)21-14-10-8-13(9-11-14)18(2,3)4/h5-12,20H,1-4H3. The number of benzene rings is 2. The van der Waals surface area contributed by atoms with Crippen LogP contribution in [-0.4, -0.2) is 5.11 Å². The lowest BCUT2D eigenvalue weighted by Crippen LogP contribution is -2.10. The second-order valence-electron chi connectivity index (χ2n) is 6.21. The molecule has 1 atom stereocenters. The van der Waals surface area contributed by atoms with Gasteiger partial charge in [-0.05, 0) is 41.7 Å². The van der Waals surface area contributed by atoms with Gasteiger partial charge in [-0.15, -0.1) is 0 Å². The fraction of sp³-hybridized carbons (Fsp3) is 0.333. The number of rotatable bonds is 3. The molecule has 112 valence electrons. The molecule has 3 heteroatoms. The predicted molar refractivity (Wildman–Crippen MR) is 86.3 cm³/mol. The van der Waals surface area contributed by atoms with Crippen molar-refractivity contribution in [3.8, 4) is 0 Å². The number of aliphatic hydroxyl groups excluding tert-OH is 1. The van der Waals surface area contributed by atoms with Gasteiger partial charge in [-0.3, -0.25) is 0 Å². The summed E-state index contributed by atoms with van der Waals surface area (Å²) in [4.78, 5) is 1.46. The predicted octanol–water partition coefficient (Wildman–Crippen LogP) is 5.33. The molecule has 2 rings (SSSR count). The van der Waals surface area contributed by atoms with Gasteiger partial charge in [0.2, 0.25) is 0 Å². The fourth-order valence-corrected chi connectivity index (χ4v) is 3.13. The van der Waals surface area contributed by atoms with Crippen LogP contribution >= 0.6 is 11.8 Å². The molecule has 0 spiro atoms. The lowest BCUT2D eigenvalue weighted by molar-refractivity contribution is 0.195. The highest BCUT2D eigenvalue weighted by Gasteiger charge is 2.16. The van der Waals surface area contributed by atoms with Crippen molar-refractivity contribution in [1.29, 1.82) is 0 Å². The highest BCUT2D eigenvalue weighted by atomic mass is 32.2. The summed E-state index contributed by atoms with van der Waals surface area (Å²) in [5.41, 5.74) is 1.97. The van der Waals surface area contributed by atoms with Gasteiger partial charge in [0.15, 0.2) is 0 Å². The Kier molecular flexibility index (Phi) is 4.74. The average molecular weight is 304 g/mol. The third kappa shape index (κ3) is 3.86. The van der Waals surface area contributed by atoms with Gasteiger partial charge >= 0.3 is 0 Å². The van der Waals surface area contributed by atoms with E-state index in [1.165, 1.54) is 23.4 Å². The minimum Gasteiger partial charge on any atom is -0.389 e. The monoisotopic (exact) mass is 304 g/mol. The van der Waals surface area contributed by atoms with Gasteiger partial charge in [0.25, 0.3) is 0 Å². The van der Waals surface area contributed by atoms with Crippen molar-refractivity contribution >= 4 is 11.8 Å². The summed E-state index contributed by atoms with van der Waals surface area (Å²) in [6, 6.07) is 13.0. The van der Waals surface area contributed by atoms with Gasteiger partial charge in [0.05, 0.1) is 11.0 Å². The molecular weight excluding hydrogens is 283 g/mol. The summed E-state index contributed by atoms with van der Waals surface area (Å²) >= 11 is 1.35. The van der Waals surface area contributed by atoms with Gasteiger partial charge in [-0.25, -0.2) is 4.39 Å². The van der Waals surface area contributed by atoms with Crippen LogP contribution in [0.3, 0.4) is 0 Å². The minimum absolute atomic E-state index is 0.103. The van der Waals surface area contributed by atoms with Gasteiger partial charge in [-0.1, -0.05) is 56.8 Å². The van der Waals surface area contributed by atoms with Crippen LogP contribution in [0.2, 0.25) is 0 Å². The minimum atomic E-state index is -0.683. The summed E-state index contributed by atoms with van der Waals surface area (Å²) in [6.07, 6.45) is -0.683. The summed E-state index contributed by atoms with van der Waals surface area (Å²) < 4.78 is 14.0. The average Bonchev–Trinajstić information content (AvgIpc) is 2.40. The maximum atomic E-state index is 14.0. The van der Waals surface area contributed by atoms with Crippen molar-refractivity contribution in [2.45, 2.75) is 49.0 Å². The third-order valence-corrected chi connectivity index (χ3v) is 4.53. The Labute approximate surface area is 130 Å². The molecule has 1 unspecified atom stereocenters. The van der Waals surface area contributed by atoms with E-state index in [-0.39, 0.29) is 11.2 Å². The molecule has 21 heavy (non-hydrogen) atoms. The molecule has 0 heterocycles. The van der Waals surface area contributed by atoms with Crippen LogP contribution in [0, 0.1) is 5.82 Å². The normalized spacial score (nSPS) is 13.2. The quantitative estimate of drug-likeness (QED) is 0.827. The molecule has 2 aromatic rings. The Balaban J connectivity index is 2.31. The van der Waals surface area contributed by atoms with E-state index in [0.29, 0.717) is 10.5 Å². The first kappa shape index (κ1) is 16.1. The van der Waals surface area contributed by atoms with Gasteiger partial charge in [-0.2, -0.15) is 0 Å². The van der Waals surface area contributed by atoms with E-state index in [0.717, 1.165) is 4.90 Å². The molecule has 0 fully saturated rings. The van der Waals surface area contributed by atoms with Gasteiger partial charge in [0.1, 0.15) is 5.82 Å². The first-order chi connectivity index (χ1) is 9.79. The number of hydrogen-bond acceptors (Lipinski definition) is 2. The van der Waals surface area contributed by atoms with Crippen molar-refractivity contribution in [3.05, 3.63) is 59.4 Å². The van der Waals surface area contributed by atoms with E-state index in [2.05, 4.69) is 32.9 Å². The molecule has 0 saturated heterocycles. The molecule has 0 bridgehead atoms. The molecule has 0 saturated carbocycles. The highest BCUT2D eigenvalue weighted by Crippen LogP contribution is 2.36. The van der Waals surface area contributed by atoms with E-state index in [4.69, 9.17) is 0 Å². The zero-order valence-corrected chi connectivity index (χ0v) is 13.7. The van der Waals surface area contributed by atoms with E-state index < -0.39 is 6.10 Å². The first-order valence-corrected chi connectivity index (χ1v) is 7.85. The fourth-order valence-electron chi connectivity index (χ4n) is 2.10. The van der Waals surface area contributed by atoms with E-state index in [9.17, 15) is 9.50 Å². The maximum absolute atomic E-state index is 14.0. The van der Waals surface area contributed by atoms with Crippen LogP contribution in [0.15, 0.2) is 52.3 Å². The summed E-state index contributed by atoms with van der Waals surface area (Å²) in [6.45, 7) is 8.15. The van der Waals surface area contributed by atoms with Gasteiger partial charge in [0, 0.05) is 4.90 Å². The van der Waals surface area contributed by atoms with Crippen LogP contribution in [-0.2, 0) is 5.41 Å². The number of hydrogen-bond donors (Lipinski definition) is 1. The molecule has 2 aromatic carbocycles. The van der Waals surface area contributed by atoms with Crippen molar-refractivity contribution in [2.24, 2.45) is 0 Å². The first-order valence-electron chi connectivity index (χ1n) is 7.04. The second kappa shape index (κ2) is 6.20. The summed E-state index contributed by atoms with van der Waals surface area (Å²) in [5, 5.41) is 9.78. The molecule has 1 nitrogen and oxygen atoms in total. The van der Waals surface area contributed by atoms with E-state index >= 15 is 0 Å². The zero-order valence-electron chi connectivity index (χ0n) is 12.9. The lowest BCUT2D eigenvalue weighted by atomic mass is 9.87. The van der Waals surface area contributed by atoms with Crippen molar-refractivity contribution in [2.75, 3.05) is 0 Å². The molecule has 0 aliphatic heterocycles. The number of aliphatic hydroxyl groups is 1. The van der Waals surface area contributed by atoms with Gasteiger partial charge < -0.3 is 5.11 Å². The van der Waals surface area contributed by atoms with Crippen molar-refractivity contribution in [1.82, 2.24) is 0 Å². The Hall–Kier alpha value is -1.32. The van der Waals surface area contributed by atoms with Crippen molar-refractivity contribution in [3.63, 3.8) is 0 Å². The second-order valence-corrected chi connectivity index (χ2v) is 7.29. The maximum Gasteiger partial charge on any atom is 0.137 e. The lowest BCUT2D eigenvalue weighted by Gasteiger charge is -2.19. The van der Waals surface area contributed by atoms with Crippen LogP contribution in [0.25, 0.3) is 0 Å². The smallest absolute Gasteiger partial charge is 0.137 e. The zero-order chi connectivity index (χ0) is 15.6. The van der Waals surface area contributed by atoms with Crippen LogP contribution in [0.4, 0.5) is 4.39 Å². The summed E-state index contributed by atoms with van der Waals surface area (Å²) in [7, 11) is 0. The molecule has 0 aliphatic carbocycles. The van der Waals surface area contributed by atoms with Crippen molar-refractivity contribution < 1.29 is 9.50 Å². The molecule has 0 amide bonds. The summed E-state index contributed by atoms with van der Waals surface area (Å²) in [5.74, 6) is -0.293. The topological polar surface area (TPSA) is 20.2 Å². The third-order valence-electron chi connectivity index (χ3n) is 3.39. The molecule has 0 aromatic heterocycles. The highest BCUT2D eigenvalue weighted by molar-refractivity contribution is 7.99. The Bertz CT molecular complexity index is 612. The van der Waals surface area contributed by atoms with Crippen LogP contribution in [0.1, 0.15) is 44.9 Å². The van der Waals surface area contributed by atoms with Crippen LogP contribution < -0.4 is 0 Å². The largest absolute Gasteiger partial charge is 0.389 e. The van der Waals surface area contributed by atoms with E-state index in [1.807, 2.05) is 12.1 Å². The number of halogens is 1. The Morgan fingerprint density at radius 2 is 1.67 bits per heavy atom. The van der Waals surface area contributed by atoms with E-state index in [1.54, 1.807) is 19.1 Å². The SMILES string of the molecule is CC(O)c1cccc(F)c1Sc1ccc(C(C)(C)C)cc1. The molecule has 0 aliphatic rings. The molecule has 1 N–H and O–H groups in total.